The second kappa shape index (κ2) is 12.8. The maximum Gasteiger partial charge on any atom is 0.262 e. The topological polar surface area (TPSA) is 89.8 Å². The van der Waals surface area contributed by atoms with Crippen molar-refractivity contribution in [3.05, 3.63) is 88.7 Å². The predicted octanol–water partition coefficient (Wildman–Crippen LogP) is 5.04. The first-order valence-electron chi connectivity index (χ1n) is 11.2. The Kier molecular flexibility index (Phi) is 9.29. The molecule has 0 aromatic heterocycles. The smallest absolute Gasteiger partial charge is 0.262 e. The van der Waals surface area contributed by atoms with Gasteiger partial charge in [-0.2, -0.15) is 5.26 Å². The Bertz CT molecular complexity index is 1270. The van der Waals surface area contributed by atoms with Gasteiger partial charge in [0.1, 0.15) is 35.6 Å². The zero-order valence-corrected chi connectivity index (χ0v) is 20.3. The third-order valence-corrected chi connectivity index (χ3v) is 5.18. The van der Waals surface area contributed by atoms with E-state index in [9.17, 15) is 14.4 Å². The number of hydrogen-bond donors (Lipinski definition) is 1. The fourth-order valence-electron chi connectivity index (χ4n) is 3.33. The molecule has 0 fully saturated rings. The molecule has 7 nitrogen and oxygen atoms in total. The third-order valence-electron chi connectivity index (χ3n) is 5.18. The number of amides is 1. The molecule has 0 saturated carbocycles. The fraction of sp³-hybridized carbons (Fsp3) is 0.214. The first kappa shape index (κ1) is 26.1. The van der Waals surface area contributed by atoms with Crippen LogP contribution < -0.4 is 24.3 Å². The molecule has 0 aliphatic heterocycles. The van der Waals surface area contributed by atoms with Crippen LogP contribution in [0.4, 0.5) is 4.39 Å². The zero-order valence-electron chi connectivity index (χ0n) is 20.3. The molecule has 0 aliphatic rings. The molecule has 0 saturated heterocycles. The molecule has 0 unspecified atom stereocenters. The van der Waals surface area contributed by atoms with Crippen LogP contribution in [-0.2, 0) is 17.9 Å². The number of hydrogen-bond acceptors (Lipinski definition) is 6. The Morgan fingerprint density at radius 3 is 2.42 bits per heavy atom. The first-order chi connectivity index (χ1) is 17.5. The van der Waals surface area contributed by atoms with Crippen molar-refractivity contribution < 1.29 is 28.1 Å². The molecule has 0 radical (unpaired) electrons. The average Bonchev–Trinajstić information content (AvgIpc) is 2.90. The van der Waals surface area contributed by atoms with Gasteiger partial charge in [-0.15, -0.1) is 0 Å². The summed E-state index contributed by atoms with van der Waals surface area (Å²) in [7, 11) is 3.09. The van der Waals surface area contributed by atoms with E-state index in [1.54, 1.807) is 55.6 Å². The number of nitrogens with one attached hydrogen (secondary N) is 1. The number of nitriles is 1. The van der Waals surface area contributed by atoms with Gasteiger partial charge < -0.3 is 24.3 Å². The van der Waals surface area contributed by atoms with Gasteiger partial charge in [-0.3, -0.25) is 4.79 Å². The lowest BCUT2D eigenvalue weighted by Gasteiger charge is -2.13. The van der Waals surface area contributed by atoms with Crippen molar-refractivity contribution in [1.82, 2.24) is 5.32 Å². The van der Waals surface area contributed by atoms with Gasteiger partial charge in [0.2, 0.25) is 0 Å². The molecule has 0 aliphatic carbocycles. The molecule has 0 bridgehead atoms. The number of rotatable bonds is 11. The molecule has 3 rings (SSSR count). The minimum absolute atomic E-state index is 0.0649. The number of nitrogens with zero attached hydrogens (tertiary/aromatic N) is 1. The summed E-state index contributed by atoms with van der Waals surface area (Å²) in [6, 6.07) is 18.4. The van der Waals surface area contributed by atoms with Crippen molar-refractivity contribution in [2.24, 2.45) is 0 Å². The van der Waals surface area contributed by atoms with E-state index in [4.69, 9.17) is 18.9 Å². The summed E-state index contributed by atoms with van der Waals surface area (Å²) in [6.07, 6.45) is 1.48. The molecule has 8 heteroatoms. The molecule has 36 heavy (non-hydrogen) atoms. The Hall–Kier alpha value is -4.51. The number of methoxy groups -OCH3 is 2. The van der Waals surface area contributed by atoms with E-state index in [2.05, 4.69) is 5.32 Å². The molecule has 0 atom stereocenters. The molecule has 3 aromatic carbocycles. The summed E-state index contributed by atoms with van der Waals surface area (Å²) in [5.74, 6) is 1.32. The van der Waals surface area contributed by atoms with Gasteiger partial charge in [0.15, 0.2) is 11.5 Å². The summed E-state index contributed by atoms with van der Waals surface area (Å²) >= 11 is 0. The molecule has 0 heterocycles. The molecular weight excluding hydrogens is 463 g/mol. The number of carbonyl (C=O) groups excluding carboxylic acids is 1. The summed E-state index contributed by atoms with van der Waals surface area (Å²) in [5.41, 5.74) is 2.08. The van der Waals surface area contributed by atoms with Crippen molar-refractivity contribution in [2.45, 2.75) is 20.1 Å². The highest BCUT2D eigenvalue weighted by molar-refractivity contribution is 6.01. The van der Waals surface area contributed by atoms with Crippen LogP contribution in [0.25, 0.3) is 6.08 Å². The lowest BCUT2D eigenvalue weighted by molar-refractivity contribution is -0.117. The minimum Gasteiger partial charge on any atom is -0.497 e. The molecular formula is C28H27FN2O5. The van der Waals surface area contributed by atoms with E-state index in [-0.39, 0.29) is 24.5 Å². The fourth-order valence-corrected chi connectivity index (χ4v) is 3.33. The predicted molar refractivity (Wildman–Crippen MR) is 133 cm³/mol. The Labute approximate surface area is 209 Å². The highest BCUT2D eigenvalue weighted by Crippen LogP contribution is 2.30. The highest BCUT2D eigenvalue weighted by atomic mass is 19.1. The number of halogens is 1. The van der Waals surface area contributed by atoms with Crippen molar-refractivity contribution in [1.29, 1.82) is 5.26 Å². The molecule has 1 amide bonds. The Morgan fingerprint density at radius 1 is 0.972 bits per heavy atom. The van der Waals surface area contributed by atoms with Crippen LogP contribution in [0.5, 0.6) is 23.0 Å². The van der Waals surface area contributed by atoms with Crippen molar-refractivity contribution in [2.75, 3.05) is 20.8 Å². The van der Waals surface area contributed by atoms with Crippen LogP contribution in [0.1, 0.15) is 23.6 Å². The second-order valence-corrected chi connectivity index (χ2v) is 7.58. The molecule has 3 aromatic rings. The summed E-state index contributed by atoms with van der Waals surface area (Å²) in [4.78, 5) is 12.7. The maximum atomic E-state index is 13.1. The second-order valence-electron chi connectivity index (χ2n) is 7.58. The van der Waals surface area contributed by atoms with Crippen LogP contribution in [0.3, 0.4) is 0 Å². The quantitative estimate of drug-likeness (QED) is 0.299. The van der Waals surface area contributed by atoms with Crippen LogP contribution in [-0.4, -0.2) is 26.7 Å². The van der Waals surface area contributed by atoms with E-state index >= 15 is 0 Å². The van der Waals surface area contributed by atoms with E-state index < -0.39 is 5.91 Å². The van der Waals surface area contributed by atoms with Gasteiger partial charge in [-0.05, 0) is 60.5 Å². The van der Waals surface area contributed by atoms with Crippen molar-refractivity contribution >= 4 is 12.0 Å². The highest BCUT2D eigenvalue weighted by Gasteiger charge is 2.13. The van der Waals surface area contributed by atoms with Crippen LogP contribution in [0.2, 0.25) is 0 Å². The van der Waals surface area contributed by atoms with Gasteiger partial charge in [-0.1, -0.05) is 18.2 Å². The molecule has 1 N–H and O–H groups in total. The number of ether oxygens (including phenoxy) is 4. The van der Waals surface area contributed by atoms with Gasteiger partial charge in [0, 0.05) is 18.2 Å². The minimum atomic E-state index is -0.523. The maximum absolute atomic E-state index is 13.1. The van der Waals surface area contributed by atoms with Gasteiger partial charge in [0.05, 0.1) is 20.8 Å². The Balaban J connectivity index is 1.72. The first-order valence-corrected chi connectivity index (χ1v) is 11.2. The zero-order chi connectivity index (χ0) is 25.9. The van der Waals surface area contributed by atoms with Gasteiger partial charge in [-0.25, -0.2) is 4.39 Å². The lowest BCUT2D eigenvalue weighted by atomic mass is 10.1. The van der Waals surface area contributed by atoms with E-state index in [0.29, 0.717) is 35.2 Å². The van der Waals surface area contributed by atoms with Crippen LogP contribution in [0.15, 0.2) is 66.2 Å². The standard InChI is InChI=1S/C28H27FN2O5/c1-4-35-27-14-20(7-12-25(27)36-18-19-5-9-23(29)10-6-19)13-22(16-30)28(32)31-17-21-8-11-24(33-2)15-26(21)34-3/h5-15H,4,17-18H2,1-3H3,(H,31,32)/b22-13+. The van der Waals surface area contributed by atoms with Gasteiger partial charge >= 0.3 is 0 Å². The van der Waals surface area contributed by atoms with Crippen LogP contribution in [0, 0.1) is 17.1 Å². The van der Waals surface area contributed by atoms with Crippen molar-refractivity contribution in [3.8, 4) is 29.1 Å². The lowest BCUT2D eigenvalue weighted by Crippen LogP contribution is -2.24. The summed E-state index contributed by atoms with van der Waals surface area (Å²) in [6.45, 7) is 2.64. The Morgan fingerprint density at radius 2 is 1.75 bits per heavy atom. The monoisotopic (exact) mass is 490 g/mol. The summed E-state index contributed by atoms with van der Waals surface area (Å²) < 4.78 is 35.2. The van der Waals surface area contributed by atoms with E-state index in [0.717, 1.165) is 11.1 Å². The molecule has 0 spiro atoms. The number of carbonyl (C=O) groups is 1. The van der Waals surface area contributed by atoms with E-state index in [1.165, 1.54) is 25.3 Å². The molecule has 186 valence electrons. The van der Waals surface area contributed by atoms with Crippen LogP contribution >= 0.6 is 0 Å². The van der Waals surface area contributed by atoms with E-state index in [1.807, 2.05) is 13.0 Å². The SMILES string of the molecule is CCOc1cc(/C=C(\C#N)C(=O)NCc2ccc(OC)cc2OC)ccc1OCc1ccc(F)cc1. The summed E-state index contributed by atoms with van der Waals surface area (Å²) in [5, 5.41) is 12.3. The van der Waals surface area contributed by atoms with Crippen molar-refractivity contribution in [3.63, 3.8) is 0 Å². The normalized spacial score (nSPS) is 10.8. The largest absolute Gasteiger partial charge is 0.497 e. The number of benzene rings is 3. The average molecular weight is 491 g/mol. The third kappa shape index (κ3) is 7.00. The van der Waals surface area contributed by atoms with Gasteiger partial charge in [0.25, 0.3) is 5.91 Å².